The molecule has 1 aliphatic heterocycles. The third-order valence-electron chi connectivity index (χ3n) is 5.32. The molecule has 0 radical (unpaired) electrons. The maximum Gasteiger partial charge on any atom is 0.289 e. The van der Waals surface area contributed by atoms with E-state index in [1.165, 1.54) is 22.1 Å². The van der Waals surface area contributed by atoms with Gasteiger partial charge in [-0.15, -0.1) is 16.4 Å². The molecule has 30 heavy (non-hydrogen) atoms. The van der Waals surface area contributed by atoms with Gasteiger partial charge < -0.3 is 14.4 Å². The van der Waals surface area contributed by atoms with Crippen molar-refractivity contribution in [1.82, 2.24) is 24.4 Å². The molecular weight excluding hydrogens is 422 g/mol. The lowest BCUT2D eigenvalue weighted by Crippen LogP contribution is -2.49. The molecule has 5 heterocycles. The molecule has 5 rings (SSSR count). The number of aromatic hydroxyl groups is 1. The smallest absolute Gasteiger partial charge is 0.289 e. The number of aryl methyl sites for hydroxylation is 1. The van der Waals surface area contributed by atoms with E-state index in [0.29, 0.717) is 36.9 Å². The van der Waals surface area contributed by atoms with Crippen molar-refractivity contribution in [3.8, 4) is 5.88 Å². The van der Waals surface area contributed by atoms with Crippen LogP contribution < -0.4 is 0 Å². The fraction of sp³-hybridized carbons (Fsp3) is 0.350. The van der Waals surface area contributed by atoms with E-state index in [9.17, 15) is 9.90 Å². The highest BCUT2D eigenvalue weighted by atomic mass is 32.1. The Morgan fingerprint density at radius 3 is 2.73 bits per heavy atom. The number of amides is 1. The molecule has 4 aromatic rings. The first kappa shape index (κ1) is 19.3. The summed E-state index contributed by atoms with van der Waals surface area (Å²) in [5, 5.41) is 17.4. The van der Waals surface area contributed by atoms with Gasteiger partial charge in [0.1, 0.15) is 0 Å². The summed E-state index contributed by atoms with van der Waals surface area (Å²) in [5.41, 5.74) is 0. The first-order chi connectivity index (χ1) is 14.7. The monoisotopic (exact) mass is 443 g/mol. The molecule has 0 spiro atoms. The van der Waals surface area contributed by atoms with E-state index in [4.69, 9.17) is 4.42 Å². The summed E-state index contributed by atoms with van der Waals surface area (Å²) in [6.45, 7) is 4.59. The topological polar surface area (TPSA) is 87.1 Å². The first-order valence-electron chi connectivity index (χ1n) is 9.83. The quantitative estimate of drug-likeness (QED) is 0.509. The number of furan rings is 1. The summed E-state index contributed by atoms with van der Waals surface area (Å²) in [5.74, 6) is 1.16. The van der Waals surface area contributed by atoms with Crippen molar-refractivity contribution in [3.05, 3.63) is 57.2 Å². The molecule has 0 aromatic carbocycles. The van der Waals surface area contributed by atoms with Crippen molar-refractivity contribution in [1.29, 1.82) is 0 Å². The van der Waals surface area contributed by atoms with Crippen LogP contribution in [0.25, 0.3) is 4.96 Å². The second kappa shape index (κ2) is 7.86. The molecular formula is C20H21N5O3S2. The summed E-state index contributed by atoms with van der Waals surface area (Å²) in [6, 6.07) is 7.43. The molecule has 4 aromatic heterocycles. The lowest BCUT2D eigenvalue weighted by molar-refractivity contribution is 0.0570. The zero-order chi connectivity index (χ0) is 20.7. The Bertz CT molecular complexity index is 1140. The average molecular weight is 444 g/mol. The number of nitrogens with zero attached hydrogens (tertiary/aromatic N) is 5. The van der Waals surface area contributed by atoms with Crippen LogP contribution in [0.2, 0.25) is 0 Å². The maximum absolute atomic E-state index is 12.6. The Morgan fingerprint density at radius 2 is 2.10 bits per heavy atom. The lowest BCUT2D eigenvalue weighted by Gasteiger charge is -2.38. The van der Waals surface area contributed by atoms with E-state index in [0.717, 1.165) is 22.0 Å². The minimum atomic E-state index is -0.0931. The van der Waals surface area contributed by atoms with Gasteiger partial charge in [-0.2, -0.15) is 4.52 Å². The van der Waals surface area contributed by atoms with Gasteiger partial charge >= 0.3 is 0 Å². The summed E-state index contributed by atoms with van der Waals surface area (Å²) in [4.78, 5) is 23.9. The fourth-order valence-corrected chi connectivity index (χ4v) is 5.85. The third-order valence-corrected chi connectivity index (χ3v) is 7.32. The molecule has 8 nitrogen and oxygen atoms in total. The maximum atomic E-state index is 12.6. The Morgan fingerprint density at radius 1 is 1.27 bits per heavy atom. The van der Waals surface area contributed by atoms with Crippen LogP contribution in [0.5, 0.6) is 5.88 Å². The van der Waals surface area contributed by atoms with E-state index in [-0.39, 0.29) is 17.8 Å². The van der Waals surface area contributed by atoms with Crippen molar-refractivity contribution in [2.24, 2.45) is 0 Å². The molecule has 1 N–H and O–H groups in total. The van der Waals surface area contributed by atoms with Gasteiger partial charge in [-0.1, -0.05) is 24.3 Å². The first-order valence-corrected chi connectivity index (χ1v) is 11.5. The van der Waals surface area contributed by atoms with E-state index >= 15 is 0 Å². The predicted octanol–water partition coefficient (Wildman–Crippen LogP) is 3.26. The van der Waals surface area contributed by atoms with Gasteiger partial charge in [-0.05, 0) is 23.6 Å². The SMILES string of the molecule is CCc1nc2sc([C@@H](c3cccs3)N3CCN(C(=O)c4ccco4)CC3)c(O)n2n1. The highest BCUT2D eigenvalue weighted by Crippen LogP contribution is 2.41. The van der Waals surface area contributed by atoms with Crippen molar-refractivity contribution in [2.45, 2.75) is 19.4 Å². The summed E-state index contributed by atoms with van der Waals surface area (Å²) >= 11 is 3.14. The predicted molar refractivity (Wildman–Crippen MR) is 114 cm³/mol. The highest BCUT2D eigenvalue weighted by Gasteiger charge is 2.33. The van der Waals surface area contributed by atoms with E-state index in [1.54, 1.807) is 23.5 Å². The normalized spacial score (nSPS) is 16.4. The molecule has 0 unspecified atom stereocenters. The number of thiophene rings is 1. The number of thiazole rings is 1. The van der Waals surface area contributed by atoms with Gasteiger partial charge in [0.15, 0.2) is 11.6 Å². The third kappa shape index (κ3) is 3.30. The minimum Gasteiger partial charge on any atom is -0.492 e. The zero-order valence-corrected chi connectivity index (χ0v) is 18.0. The number of fused-ring (bicyclic) bond motifs is 1. The Balaban J connectivity index is 1.42. The number of carbonyl (C=O) groups excluding carboxylic acids is 1. The van der Waals surface area contributed by atoms with Crippen molar-refractivity contribution in [2.75, 3.05) is 26.2 Å². The zero-order valence-electron chi connectivity index (χ0n) is 16.4. The number of hydrogen-bond donors (Lipinski definition) is 1. The molecule has 1 saturated heterocycles. The van der Waals surface area contributed by atoms with Crippen LogP contribution in [0.3, 0.4) is 0 Å². The molecule has 1 amide bonds. The summed E-state index contributed by atoms with van der Waals surface area (Å²) in [6.07, 6.45) is 2.24. The van der Waals surface area contributed by atoms with Crippen LogP contribution in [-0.2, 0) is 6.42 Å². The van der Waals surface area contributed by atoms with E-state index < -0.39 is 0 Å². The number of aromatic nitrogens is 3. The molecule has 0 bridgehead atoms. The standard InChI is InChI=1S/C20H21N5O3S2/c1-2-15-21-20-25(22-15)19(27)17(30-20)16(14-6-4-12-29-14)23-7-9-24(10-8-23)18(26)13-5-3-11-28-13/h3-6,11-12,16,27H,2,7-10H2,1H3/t16-/m1/s1. The van der Waals surface area contributed by atoms with Gasteiger partial charge in [0.05, 0.1) is 17.2 Å². The van der Waals surface area contributed by atoms with Crippen LogP contribution in [-0.4, -0.2) is 61.6 Å². The van der Waals surface area contributed by atoms with Crippen LogP contribution in [0, 0.1) is 0 Å². The van der Waals surface area contributed by atoms with Crippen molar-refractivity contribution in [3.63, 3.8) is 0 Å². The van der Waals surface area contributed by atoms with Crippen LogP contribution in [0.4, 0.5) is 0 Å². The molecule has 156 valence electrons. The van der Waals surface area contributed by atoms with Gasteiger partial charge in [0, 0.05) is 37.5 Å². The summed E-state index contributed by atoms with van der Waals surface area (Å²) < 4.78 is 6.80. The highest BCUT2D eigenvalue weighted by molar-refractivity contribution is 7.17. The van der Waals surface area contributed by atoms with Crippen molar-refractivity contribution < 1.29 is 14.3 Å². The van der Waals surface area contributed by atoms with Crippen molar-refractivity contribution >= 4 is 33.5 Å². The Labute approximate surface area is 181 Å². The Hall–Kier alpha value is -2.69. The largest absolute Gasteiger partial charge is 0.492 e. The fourth-order valence-electron chi connectivity index (χ4n) is 3.78. The van der Waals surface area contributed by atoms with Gasteiger partial charge in [-0.25, -0.2) is 4.98 Å². The molecule has 1 fully saturated rings. The molecule has 0 saturated carbocycles. The molecule has 10 heteroatoms. The van der Waals surface area contributed by atoms with Crippen LogP contribution in [0.15, 0.2) is 40.3 Å². The van der Waals surface area contributed by atoms with Gasteiger partial charge in [0.25, 0.3) is 5.91 Å². The summed E-state index contributed by atoms with van der Waals surface area (Å²) in [7, 11) is 0. The molecule has 1 atom stereocenters. The van der Waals surface area contributed by atoms with E-state index in [2.05, 4.69) is 21.0 Å². The number of rotatable bonds is 5. The second-order valence-electron chi connectivity index (χ2n) is 7.09. The number of piperazine rings is 1. The molecule has 1 aliphatic rings. The minimum absolute atomic E-state index is 0.0824. The number of carbonyl (C=O) groups is 1. The average Bonchev–Trinajstić information content (AvgIpc) is 3.56. The van der Waals surface area contributed by atoms with Crippen LogP contribution >= 0.6 is 22.7 Å². The van der Waals surface area contributed by atoms with Crippen LogP contribution in [0.1, 0.15) is 39.1 Å². The number of hydrogen-bond acceptors (Lipinski definition) is 8. The van der Waals surface area contributed by atoms with Gasteiger partial charge in [-0.3, -0.25) is 9.69 Å². The lowest BCUT2D eigenvalue weighted by atomic mass is 10.1. The second-order valence-corrected chi connectivity index (χ2v) is 9.08. The van der Waals surface area contributed by atoms with Gasteiger partial charge in [0.2, 0.25) is 10.8 Å². The Kier molecular flexibility index (Phi) is 5.05. The van der Waals surface area contributed by atoms with E-state index in [1.807, 2.05) is 23.3 Å². The molecule has 0 aliphatic carbocycles.